The van der Waals surface area contributed by atoms with Gasteiger partial charge in [-0.15, -0.1) is 15.0 Å². The van der Waals surface area contributed by atoms with E-state index in [1.165, 1.54) is 0 Å². The van der Waals surface area contributed by atoms with E-state index in [0.29, 0.717) is 25.0 Å². The van der Waals surface area contributed by atoms with Crippen molar-refractivity contribution in [1.29, 1.82) is 0 Å². The van der Waals surface area contributed by atoms with Crippen LogP contribution in [-0.2, 0) is 12.1 Å². The van der Waals surface area contributed by atoms with Crippen LogP contribution in [0.4, 0.5) is 0 Å². The molecule has 0 bridgehead atoms. The molecular weight excluding hydrogens is 729 g/mol. The van der Waals surface area contributed by atoms with Gasteiger partial charge in [0, 0.05) is 23.5 Å². The number of fused-ring (bicyclic) bond motifs is 2. The third kappa shape index (κ3) is 6.33. The van der Waals surface area contributed by atoms with E-state index in [2.05, 4.69) is 139 Å². The molecule has 0 fully saturated rings. The van der Waals surface area contributed by atoms with Crippen LogP contribution in [0, 0.1) is 6.92 Å². The standard InChI is InChI=1S/C50H40N8O/c1-3-59-49-52-47-35(2)31-38(44-34-56-30-16-15-25-46(56)51-44)32-45(47)57(49)33-36-26-28-37(29-27-36)42-23-13-14-24-43(42)48-53-55-58(54-48)50(39-17-7-4-8-18-39,40-19-9-5-10-20-40)41-21-11-6-12-22-41/h4-32,34H,3,33H2,1-2H3. The molecule has 9 nitrogen and oxygen atoms in total. The van der Waals surface area contributed by atoms with E-state index in [9.17, 15) is 0 Å². The highest BCUT2D eigenvalue weighted by atomic mass is 16.5. The maximum atomic E-state index is 6.12. The van der Waals surface area contributed by atoms with E-state index in [-0.39, 0.29) is 0 Å². The van der Waals surface area contributed by atoms with Gasteiger partial charge in [-0.25, -0.2) is 4.98 Å². The second-order valence-electron chi connectivity index (χ2n) is 14.6. The number of hydrogen-bond acceptors (Lipinski definition) is 6. The van der Waals surface area contributed by atoms with Crippen LogP contribution in [0.25, 0.3) is 50.5 Å². The first-order chi connectivity index (χ1) is 29.1. The Morgan fingerprint density at radius 2 is 1.25 bits per heavy atom. The van der Waals surface area contributed by atoms with Gasteiger partial charge in [-0.2, -0.15) is 4.98 Å². The zero-order valence-corrected chi connectivity index (χ0v) is 32.7. The molecule has 286 valence electrons. The Kier molecular flexibility index (Phi) is 9.10. The SMILES string of the molecule is CCOc1nc2c(C)cc(-c3cn4ccccc4n3)cc2n1Cc1ccc(-c2ccccc2-c2nnn(C(c3ccccc3)(c3ccccc3)c3ccccc3)n2)cc1. The molecule has 0 aliphatic rings. The molecule has 0 aliphatic heterocycles. The quantitative estimate of drug-likeness (QED) is 0.122. The summed E-state index contributed by atoms with van der Waals surface area (Å²) in [6, 6.07) is 59.1. The van der Waals surface area contributed by atoms with Gasteiger partial charge in [-0.3, -0.25) is 4.57 Å². The van der Waals surface area contributed by atoms with Crippen molar-refractivity contribution in [2.75, 3.05) is 6.61 Å². The van der Waals surface area contributed by atoms with E-state index < -0.39 is 5.54 Å². The first-order valence-corrected chi connectivity index (χ1v) is 19.8. The zero-order valence-electron chi connectivity index (χ0n) is 32.7. The van der Waals surface area contributed by atoms with E-state index in [1.54, 1.807) is 4.80 Å². The number of hydrogen-bond donors (Lipinski definition) is 0. The molecule has 0 unspecified atom stereocenters. The third-order valence-electron chi connectivity index (χ3n) is 11.0. The van der Waals surface area contributed by atoms with Crippen LogP contribution in [0.1, 0.15) is 34.7 Å². The smallest absolute Gasteiger partial charge is 0.297 e. The summed E-state index contributed by atoms with van der Waals surface area (Å²) in [6.45, 7) is 5.18. The van der Waals surface area contributed by atoms with Crippen molar-refractivity contribution in [2.45, 2.75) is 25.9 Å². The summed E-state index contributed by atoms with van der Waals surface area (Å²) in [4.78, 5) is 11.6. The Morgan fingerprint density at radius 1 is 0.627 bits per heavy atom. The minimum Gasteiger partial charge on any atom is -0.465 e. The number of pyridine rings is 1. The van der Waals surface area contributed by atoms with Gasteiger partial charge in [-0.05, 0) is 82.3 Å². The summed E-state index contributed by atoms with van der Waals surface area (Å²) >= 11 is 0. The number of aryl methyl sites for hydroxylation is 1. The summed E-state index contributed by atoms with van der Waals surface area (Å²) in [6.07, 6.45) is 4.09. The summed E-state index contributed by atoms with van der Waals surface area (Å²) in [5.74, 6) is 0.542. The number of tetrazole rings is 1. The molecule has 4 aromatic heterocycles. The summed E-state index contributed by atoms with van der Waals surface area (Å²) in [7, 11) is 0. The van der Waals surface area contributed by atoms with Crippen molar-refractivity contribution in [2.24, 2.45) is 0 Å². The molecule has 0 saturated carbocycles. The van der Waals surface area contributed by atoms with E-state index in [0.717, 1.165) is 72.4 Å². The monoisotopic (exact) mass is 768 g/mol. The zero-order chi connectivity index (χ0) is 39.8. The molecule has 0 saturated heterocycles. The van der Waals surface area contributed by atoms with Gasteiger partial charge in [0.1, 0.15) is 5.65 Å². The van der Waals surface area contributed by atoms with E-state index >= 15 is 0 Å². The predicted molar refractivity (Wildman–Crippen MR) is 232 cm³/mol. The Hall–Kier alpha value is -7.65. The lowest BCUT2D eigenvalue weighted by atomic mass is 9.77. The van der Waals surface area contributed by atoms with Crippen molar-refractivity contribution >= 4 is 16.7 Å². The van der Waals surface area contributed by atoms with Crippen LogP contribution in [-0.4, -0.2) is 45.7 Å². The summed E-state index contributed by atoms with van der Waals surface area (Å²) < 4.78 is 10.3. The largest absolute Gasteiger partial charge is 0.465 e. The van der Waals surface area contributed by atoms with Gasteiger partial charge >= 0.3 is 0 Å². The molecule has 0 spiro atoms. The highest BCUT2D eigenvalue weighted by molar-refractivity contribution is 5.86. The third-order valence-corrected chi connectivity index (χ3v) is 11.0. The highest BCUT2D eigenvalue weighted by Crippen LogP contribution is 2.41. The molecule has 0 aliphatic carbocycles. The number of aromatic nitrogens is 8. The van der Waals surface area contributed by atoms with Crippen LogP contribution in [0.3, 0.4) is 0 Å². The van der Waals surface area contributed by atoms with Gasteiger partial charge < -0.3 is 9.14 Å². The number of nitrogens with zero attached hydrogens (tertiary/aromatic N) is 8. The molecule has 10 aromatic rings. The molecule has 59 heavy (non-hydrogen) atoms. The van der Waals surface area contributed by atoms with E-state index in [4.69, 9.17) is 30.1 Å². The first kappa shape index (κ1) is 35.7. The van der Waals surface area contributed by atoms with Crippen LogP contribution in [0.5, 0.6) is 6.01 Å². The van der Waals surface area contributed by atoms with Crippen LogP contribution < -0.4 is 4.74 Å². The number of ether oxygens (including phenoxy) is 1. The fourth-order valence-corrected chi connectivity index (χ4v) is 8.24. The van der Waals surface area contributed by atoms with Gasteiger partial charge in [-0.1, -0.05) is 146 Å². The fourth-order valence-electron chi connectivity index (χ4n) is 8.24. The average molecular weight is 769 g/mol. The molecule has 0 atom stereocenters. The predicted octanol–water partition coefficient (Wildman–Crippen LogP) is 10.3. The molecular formula is C50H40N8O. The molecule has 10 rings (SSSR count). The second-order valence-corrected chi connectivity index (χ2v) is 14.6. The van der Waals surface area contributed by atoms with Gasteiger partial charge in [0.25, 0.3) is 6.01 Å². The molecule has 0 amide bonds. The normalized spacial score (nSPS) is 11.7. The Balaban J connectivity index is 1.01. The molecule has 0 radical (unpaired) electrons. The fraction of sp³-hybridized carbons (Fsp3) is 0.100. The second kappa shape index (κ2) is 15.0. The van der Waals surface area contributed by atoms with Crippen molar-refractivity contribution in [1.82, 2.24) is 39.1 Å². The number of rotatable bonds is 11. The maximum Gasteiger partial charge on any atom is 0.297 e. The molecule has 4 heterocycles. The Morgan fingerprint density at radius 3 is 1.90 bits per heavy atom. The van der Waals surface area contributed by atoms with Crippen molar-refractivity contribution in [3.05, 3.63) is 210 Å². The summed E-state index contributed by atoms with van der Waals surface area (Å²) in [5, 5.41) is 14.8. The minimum absolute atomic E-state index is 0.513. The molecule has 0 N–H and O–H groups in total. The Labute approximate surface area is 341 Å². The minimum atomic E-state index is -0.866. The van der Waals surface area contributed by atoms with E-state index in [1.807, 2.05) is 66.1 Å². The Bertz CT molecular complexity index is 2910. The number of imidazole rings is 2. The lowest BCUT2D eigenvalue weighted by Gasteiger charge is -2.34. The lowest BCUT2D eigenvalue weighted by Crippen LogP contribution is -2.39. The van der Waals surface area contributed by atoms with Crippen LogP contribution >= 0.6 is 0 Å². The van der Waals surface area contributed by atoms with Crippen molar-refractivity contribution in [3.8, 4) is 39.8 Å². The van der Waals surface area contributed by atoms with Crippen LogP contribution in [0.15, 0.2) is 182 Å². The van der Waals surface area contributed by atoms with Crippen LogP contribution in [0.2, 0.25) is 0 Å². The van der Waals surface area contributed by atoms with Crippen molar-refractivity contribution < 1.29 is 4.74 Å². The maximum absolute atomic E-state index is 6.12. The van der Waals surface area contributed by atoms with Gasteiger partial charge in [0.2, 0.25) is 5.82 Å². The molecule has 6 aromatic carbocycles. The highest BCUT2D eigenvalue weighted by Gasteiger charge is 2.41. The molecule has 9 heteroatoms. The number of benzene rings is 6. The van der Waals surface area contributed by atoms with Gasteiger partial charge in [0.05, 0.1) is 29.9 Å². The topological polar surface area (TPSA) is 88.0 Å². The van der Waals surface area contributed by atoms with Gasteiger partial charge in [0.15, 0.2) is 5.54 Å². The summed E-state index contributed by atoms with van der Waals surface area (Å²) in [5.41, 5.74) is 12.1. The lowest BCUT2D eigenvalue weighted by molar-refractivity contribution is 0.301. The average Bonchev–Trinajstić information content (AvgIpc) is 4.04. The first-order valence-electron chi connectivity index (χ1n) is 19.8. The van der Waals surface area contributed by atoms with Crippen molar-refractivity contribution in [3.63, 3.8) is 0 Å².